The van der Waals surface area contributed by atoms with Crippen LogP contribution in [0.2, 0.25) is 0 Å². The van der Waals surface area contributed by atoms with E-state index in [9.17, 15) is 24.3 Å². The Morgan fingerprint density at radius 3 is 1.63 bits per heavy atom. The van der Waals surface area contributed by atoms with E-state index in [4.69, 9.17) is 5.73 Å². The SMILES string of the molecule is CCC(C)C(NC(=O)C(C)N)C(=O)NC(CC(C)C)C(=O)NC(CC(C)C)C(=O)O. The Kier molecular flexibility index (Phi) is 12.3. The van der Waals surface area contributed by atoms with Crippen LogP contribution in [-0.2, 0) is 19.2 Å². The van der Waals surface area contributed by atoms with Crippen LogP contribution in [0.5, 0.6) is 0 Å². The molecule has 0 bridgehead atoms. The number of nitrogens with two attached hydrogens (primary N) is 1. The minimum atomic E-state index is -1.12. The molecule has 9 nitrogen and oxygen atoms in total. The predicted octanol–water partition coefficient (Wildman–Crippen LogP) is 1.01. The number of nitrogens with one attached hydrogen (secondary N) is 3. The number of rotatable bonds is 13. The monoisotopic (exact) mass is 428 g/mol. The number of carbonyl (C=O) groups is 4. The first-order valence-corrected chi connectivity index (χ1v) is 10.7. The van der Waals surface area contributed by atoms with E-state index in [0.29, 0.717) is 12.8 Å². The summed E-state index contributed by atoms with van der Waals surface area (Å²) in [5, 5.41) is 17.3. The van der Waals surface area contributed by atoms with Crippen molar-refractivity contribution in [3.8, 4) is 0 Å². The van der Waals surface area contributed by atoms with Gasteiger partial charge in [-0.15, -0.1) is 0 Å². The van der Waals surface area contributed by atoms with Gasteiger partial charge in [0.15, 0.2) is 0 Å². The van der Waals surface area contributed by atoms with Crippen LogP contribution in [0, 0.1) is 17.8 Å². The molecule has 0 radical (unpaired) electrons. The van der Waals surface area contributed by atoms with Gasteiger partial charge in [-0.3, -0.25) is 14.4 Å². The second kappa shape index (κ2) is 13.2. The van der Waals surface area contributed by atoms with Crippen LogP contribution >= 0.6 is 0 Å². The Balaban J connectivity index is 5.48. The maximum Gasteiger partial charge on any atom is 0.326 e. The molecular formula is C21H40N4O5. The summed E-state index contributed by atoms with van der Waals surface area (Å²) in [4.78, 5) is 49.3. The number of hydrogen-bond donors (Lipinski definition) is 5. The predicted molar refractivity (Wildman–Crippen MR) is 115 cm³/mol. The molecule has 0 saturated heterocycles. The van der Waals surface area contributed by atoms with Crippen molar-refractivity contribution in [3.05, 3.63) is 0 Å². The molecule has 0 saturated carbocycles. The van der Waals surface area contributed by atoms with E-state index in [2.05, 4.69) is 16.0 Å². The molecule has 0 rings (SSSR count). The molecular weight excluding hydrogens is 388 g/mol. The molecule has 5 atom stereocenters. The van der Waals surface area contributed by atoms with Gasteiger partial charge in [-0.2, -0.15) is 0 Å². The Labute approximate surface area is 179 Å². The number of hydrogen-bond acceptors (Lipinski definition) is 5. The molecule has 0 aromatic rings. The van der Waals surface area contributed by atoms with Crippen molar-refractivity contribution in [2.75, 3.05) is 0 Å². The molecule has 0 aliphatic rings. The zero-order valence-electron chi connectivity index (χ0n) is 19.3. The van der Waals surface area contributed by atoms with E-state index in [1.54, 1.807) is 0 Å². The highest BCUT2D eigenvalue weighted by atomic mass is 16.4. The summed E-state index contributed by atoms with van der Waals surface area (Å²) in [6.45, 7) is 12.8. The zero-order valence-corrected chi connectivity index (χ0v) is 19.3. The summed E-state index contributed by atoms with van der Waals surface area (Å²) in [6, 6.07) is -3.56. The first-order valence-electron chi connectivity index (χ1n) is 10.7. The van der Waals surface area contributed by atoms with Crippen molar-refractivity contribution >= 4 is 23.7 Å². The van der Waals surface area contributed by atoms with Crippen LogP contribution in [0.15, 0.2) is 0 Å². The van der Waals surface area contributed by atoms with Crippen molar-refractivity contribution in [2.24, 2.45) is 23.5 Å². The van der Waals surface area contributed by atoms with Gasteiger partial charge in [0.25, 0.3) is 0 Å². The Morgan fingerprint density at radius 1 is 0.767 bits per heavy atom. The van der Waals surface area contributed by atoms with E-state index < -0.39 is 47.9 Å². The Bertz CT molecular complexity index is 592. The Morgan fingerprint density at radius 2 is 1.23 bits per heavy atom. The molecule has 0 spiro atoms. The third kappa shape index (κ3) is 10.0. The van der Waals surface area contributed by atoms with Gasteiger partial charge in [-0.1, -0.05) is 48.0 Å². The summed E-state index contributed by atoms with van der Waals surface area (Å²) >= 11 is 0. The fourth-order valence-electron chi connectivity index (χ4n) is 2.92. The molecule has 0 fully saturated rings. The van der Waals surface area contributed by atoms with Crippen molar-refractivity contribution in [1.82, 2.24) is 16.0 Å². The molecule has 174 valence electrons. The van der Waals surface area contributed by atoms with Crippen molar-refractivity contribution < 1.29 is 24.3 Å². The lowest BCUT2D eigenvalue weighted by Gasteiger charge is -2.28. The number of carboxylic acid groups (broad SMARTS) is 1. The van der Waals surface area contributed by atoms with Gasteiger partial charge in [0, 0.05) is 0 Å². The molecule has 0 aromatic heterocycles. The van der Waals surface area contributed by atoms with Crippen LogP contribution in [-0.4, -0.2) is 53.0 Å². The average Bonchev–Trinajstić information content (AvgIpc) is 2.62. The maximum absolute atomic E-state index is 12.9. The lowest BCUT2D eigenvalue weighted by atomic mass is 9.96. The minimum absolute atomic E-state index is 0.0767. The first-order chi connectivity index (χ1) is 13.8. The molecule has 0 aliphatic heterocycles. The van der Waals surface area contributed by atoms with E-state index in [-0.39, 0.29) is 24.2 Å². The zero-order chi connectivity index (χ0) is 23.6. The number of amides is 3. The van der Waals surface area contributed by atoms with E-state index in [1.807, 2.05) is 41.5 Å². The van der Waals surface area contributed by atoms with Crippen molar-refractivity contribution in [2.45, 2.75) is 91.9 Å². The van der Waals surface area contributed by atoms with Gasteiger partial charge in [0.2, 0.25) is 17.7 Å². The van der Waals surface area contributed by atoms with E-state index in [0.717, 1.165) is 0 Å². The molecule has 0 aromatic carbocycles. The standard InChI is InChI=1S/C21H40N4O5/c1-8-13(6)17(25-18(26)14(7)22)20(28)23-15(9-11(2)3)19(27)24-16(21(29)30)10-12(4)5/h11-17H,8-10,22H2,1-7H3,(H,23,28)(H,24,27)(H,25,26)(H,29,30). The number of carboxylic acids is 1. The number of aliphatic carboxylic acids is 1. The van der Waals surface area contributed by atoms with Crippen LogP contribution in [0.1, 0.15) is 67.7 Å². The molecule has 6 N–H and O–H groups in total. The van der Waals surface area contributed by atoms with Gasteiger partial charge in [0.05, 0.1) is 6.04 Å². The largest absolute Gasteiger partial charge is 0.480 e. The molecule has 0 aliphatic carbocycles. The molecule has 3 amide bonds. The second-order valence-corrected chi connectivity index (χ2v) is 8.88. The van der Waals surface area contributed by atoms with Gasteiger partial charge >= 0.3 is 5.97 Å². The summed E-state index contributed by atoms with van der Waals surface area (Å²) in [7, 11) is 0. The highest BCUT2D eigenvalue weighted by molar-refractivity contribution is 5.94. The minimum Gasteiger partial charge on any atom is -0.480 e. The van der Waals surface area contributed by atoms with Crippen LogP contribution in [0.3, 0.4) is 0 Å². The van der Waals surface area contributed by atoms with Gasteiger partial charge in [0.1, 0.15) is 18.1 Å². The van der Waals surface area contributed by atoms with Gasteiger partial charge in [-0.25, -0.2) is 4.79 Å². The maximum atomic E-state index is 12.9. The normalized spacial score (nSPS) is 16.3. The fourth-order valence-corrected chi connectivity index (χ4v) is 2.92. The lowest BCUT2D eigenvalue weighted by molar-refractivity contribution is -0.143. The topological polar surface area (TPSA) is 151 Å². The smallest absolute Gasteiger partial charge is 0.326 e. The number of carbonyl (C=O) groups excluding carboxylic acids is 3. The third-order valence-corrected chi connectivity index (χ3v) is 4.87. The molecule has 0 heterocycles. The van der Waals surface area contributed by atoms with E-state index >= 15 is 0 Å². The van der Waals surface area contributed by atoms with Crippen molar-refractivity contribution in [3.63, 3.8) is 0 Å². The van der Waals surface area contributed by atoms with Crippen LogP contribution in [0.25, 0.3) is 0 Å². The lowest BCUT2D eigenvalue weighted by Crippen LogP contribution is -2.58. The quantitative estimate of drug-likeness (QED) is 0.295. The summed E-state index contributed by atoms with van der Waals surface area (Å²) in [6.07, 6.45) is 1.25. The molecule has 9 heteroatoms. The summed E-state index contributed by atoms with van der Waals surface area (Å²) in [5.41, 5.74) is 5.60. The molecule has 30 heavy (non-hydrogen) atoms. The summed E-state index contributed by atoms with van der Waals surface area (Å²) < 4.78 is 0. The Hall–Kier alpha value is -2.16. The van der Waals surface area contributed by atoms with Crippen molar-refractivity contribution in [1.29, 1.82) is 0 Å². The highest BCUT2D eigenvalue weighted by Gasteiger charge is 2.32. The first kappa shape index (κ1) is 27.8. The second-order valence-electron chi connectivity index (χ2n) is 8.88. The van der Waals surface area contributed by atoms with Crippen LogP contribution < -0.4 is 21.7 Å². The van der Waals surface area contributed by atoms with Gasteiger partial charge in [-0.05, 0) is 37.5 Å². The molecule has 5 unspecified atom stereocenters. The third-order valence-electron chi connectivity index (χ3n) is 4.87. The average molecular weight is 429 g/mol. The van der Waals surface area contributed by atoms with Crippen LogP contribution in [0.4, 0.5) is 0 Å². The fraction of sp³-hybridized carbons (Fsp3) is 0.810. The van der Waals surface area contributed by atoms with E-state index in [1.165, 1.54) is 6.92 Å². The van der Waals surface area contributed by atoms with Gasteiger partial charge < -0.3 is 26.8 Å². The summed E-state index contributed by atoms with van der Waals surface area (Å²) in [5.74, 6) is -2.64. The highest BCUT2D eigenvalue weighted by Crippen LogP contribution is 2.12.